The smallest absolute Gasteiger partial charge is 0.356 e. The van der Waals surface area contributed by atoms with Crippen molar-refractivity contribution in [1.29, 1.82) is 0 Å². The van der Waals surface area contributed by atoms with Crippen molar-refractivity contribution in [3.05, 3.63) is 47.8 Å². The van der Waals surface area contributed by atoms with Crippen LogP contribution in [0.15, 0.2) is 36.5 Å². The number of benzene rings is 1. The number of rotatable bonds is 6. The summed E-state index contributed by atoms with van der Waals surface area (Å²) in [5, 5.41) is 16.0. The van der Waals surface area contributed by atoms with E-state index in [0.29, 0.717) is 13.1 Å². The summed E-state index contributed by atoms with van der Waals surface area (Å²) in [5.74, 6) is -0.887. The molecule has 1 aliphatic carbocycles. The Bertz CT molecular complexity index is 934. The highest BCUT2D eigenvalue weighted by Gasteiger charge is 2.36. The van der Waals surface area contributed by atoms with Crippen molar-refractivity contribution in [2.75, 3.05) is 13.1 Å². The van der Waals surface area contributed by atoms with Crippen molar-refractivity contribution in [1.82, 2.24) is 20.0 Å². The van der Waals surface area contributed by atoms with Crippen LogP contribution in [0.25, 0.3) is 5.69 Å². The van der Waals surface area contributed by atoms with Crippen LogP contribution in [0.3, 0.4) is 0 Å². The number of aromatic carboxylic acids is 1. The van der Waals surface area contributed by atoms with Crippen LogP contribution in [0.5, 0.6) is 0 Å². The average molecular weight is 396 g/mol. The Kier molecular flexibility index (Phi) is 5.33. The summed E-state index contributed by atoms with van der Waals surface area (Å²) in [6.07, 6.45) is 5.21. The minimum Gasteiger partial charge on any atom is -0.476 e. The monoisotopic (exact) mass is 396 g/mol. The van der Waals surface area contributed by atoms with E-state index in [1.54, 1.807) is 6.20 Å². The second kappa shape index (κ2) is 8.06. The molecule has 1 unspecified atom stereocenters. The van der Waals surface area contributed by atoms with E-state index in [0.717, 1.165) is 43.5 Å². The Morgan fingerprint density at radius 1 is 1.14 bits per heavy atom. The first kappa shape index (κ1) is 19.2. The molecular formula is C21H24N4O4. The standard InChI is InChI=1S/C21H24N4O4/c26-19(16-4-2-9-24(13-16)20(27)15-6-7-15)22-12-14-3-1-5-17(11-14)25-10-8-18(23-25)21(28)29/h1,3,5,8,10-11,15-16H,2,4,6-7,9,12-13H2,(H,22,26)(H,28,29). The van der Waals surface area contributed by atoms with Crippen LogP contribution < -0.4 is 5.32 Å². The summed E-state index contributed by atoms with van der Waals surface area (Å²) in [7, 11) is 0. The van der Waals surface area contributed by atoms with Gasteiger partial charge in [0.15, 0.2) is 5.69 Å². The third-order valence-electron chi connectivity index (χ3n) is 5.48. The van der Waals surface area contributed by atoms with Gasteiger partial charge in [0.05, 0.1) is 11.6 Å². The number of hydrogen-bond acceptors (Lipinski definition) is 4. The lowest BCUT2D eigenvalue weighted by atomic mass is 9.96. The molecule has 1 saturated heterocycles. The number of carboxylic acids is 1. The molecule has 0 radical (unpaired) electrons. The number of nitrogens with one attached hydrogen (secondary N) is 1. The molecular weight excluding hydrogens is 372 g/mol. The van der Waals surface area contributed by atoms with Gasteiger partial charge in [0.25, 0.3) is 0 Å². The lowest BCUT2D eigenvalue weighted by Gasteiger charge is -2.32. The van der Waals surface area contributed by atoms with Gasteiger partial charge >= 0.3 is 5.97 Å². The van der Waals surface area contributed by atoms with Crippen molar-refractivity contribution in [2.24, 2.45) is 11.8 Å². The molecule has 2 aromatic rings. The maximum atomic E-state index is 12.6. The maximum Gasteiger partial charge on any atom is 0.356 e. The second-order valence-electron chi connectivity index (χ2n) is 7.74. The molecule has 1 saturated carbocycles. The molecule has 0 spiro atoms. The molecule has 8 heteroatoms. The second-order valence-corrected chi connectivity index (χ2v) is 7.74. The number of aromatic nitrogens is 2. The zero-order chi connectivity index (χ0) is 20.4. The van der Waals surface area contributed by atoms with Gasteiger partial charge in [-0.15, -0.1) is 0 Å². The van der Waals surface area contributed by atoms with Crippen molar-refractivity contribution < 1.29 is 19.5 Å². The third-order valence-corrected chi connectivity index (χ3v) is 5.48. The van der Waals surface area contributed by atoms with Crippen LogP contribution in [-0.2, 0) is 16.1 Å². The van der Waals surface area contributed by atoms with Crippen molar-refractivity contribution >= 4 is 17.8 Å². The fourth-order valence-corrected chi connectivity index (χ4v) is 3.70. The number of carboxylic acid groups (broad SMARTS) is 1. The number of amides is 2. The van der Waals surface area contributed by atoms with Gasteiger partial charge in [-0.05, 0) is 49.4 Å². The van der Waals surface area contributed by atoms with E-state index in [2.05, 4.69) is 10.4 Å². The lowest BCUT2D eigenvalue weighted by Crippen LogP contribution is -2.45. The van der Waals surface area contributed by atoms with E-state index < -0.39 is 5.97 Å². The molecule has 1 aromatic carbocycles. The van der Waals surface area contributed by atoms with Gasteiger partial charge in [0, 0.05) is 31.7 Å². The zero-order valence-corrected chi connectivity index (χ0v) is 16.1. The lowest BCUT2D eigenvalue weighted by molar-refractivity contribution is -0.136. The molecule has 1 aromatic heterocycles. The molecule has 1 atom stereocenters. The predicted octanol–water partition coefficient (Wildman–Crippen LogP) is 1.84. The highest BCUT2D eigenvalue weighted by atomic mass is 16.4. The number of piperidine rings is 1. The van der Waals surface area contributed by atoms with E-state index in [1.807, 2.05) is 29.2 Å². The van der Waals surface area contributed by atoms with E-state index >= 15 is 0 Å². The number of hydrogen-bond donors (Lipinski definition) is 2. The van der Waals surface area contributed by atoms with Crippen LogP contribution >= 0.6 is 0 Å². The average Bonchev–Trinajstić information content (AvgIpc) is 3.47. The van der Waals surface area contributed by atoms with Crippen LogP contribution in [-0.4, -0.2) is 50.7 Å². The summed E-state index contributed by atoms with van der Waals surface area (Å²) >= 11 is 0. The van der Waals surface area contributed by atoms with E-state index in [4.69, 9.17) is 5.11 Å². The Balaban J connectivity index is 1.35. The van der Waals surface area contributed by atoms with Gasteiger partial charge in [-0.2, -0.15) is 5.10 Å². The summed E-state index contributed by atoms with van der Waals surface area (Å²) in [6, 6.07) is 8.87. The highest BCUT2D eigenvalue weighted by Crippen LogP contribution is 2.32. The maximum absolute atomic E-state index is 12.6. The predicted molar refractivity (Wildman–Crippen MR) is 104 cm³/mol. The molecule has 2 amide bonds. The van der Waals surface area contributed by atoms with Crippen molar-refractivity contribution in [3.63, 3.8) is 0 Å². The van der Waals surface area contributed by atoms with Gasteiger partial charge in [0.2, 0.25) is 11.8 Å². The Labute approximate surface area is 168 Å². The Morgan fingerprint density at radius 2 is 1.97 bits per heavy atom. The van der Waals surface area contributed by atoms with Gasteiger partial charge in [0.1, 0.15) is 0 Å². The normalized spacial score (nSPS) is 19.0. The first-order valence-corrected chi connectivity index (χ1v) is 9.96. The van der Waals surface area contributed by atoms with E-state index in [9.17, 15) is 14.4 Å². The van der Waals surface area contributed by atoms with Gasteiger partial charge in [-0.1, -0.05) is 12.1 Å². The topological polar surface area (TPSA) is 105 Å². The fraction of sp³-hybridized carbons (Fsp3) is 0.429. The fourth-order valence-electron chi connectivity index (χ4n) is 3.70. The Morgan fingerprint density at radius 3 is 2.69 bits per heavy atom. The molecule has 2 heterocycles. The van der Waals surface area contributed by atoms with E-state index in [1.165, 1.54) is 10.7 Å². The highest BCUT2D eigenvalue weighted by molar-refractivity contribution is 5.85. The minimum atomic E-state index is -1.08. The van der Waals surface area contributed by atoms with Gasteiger partial charge < -0.3 is 15.3 Å². The molecule has 1 aliphatic heterocycles. The summed E-state index contributed by atoms with van der Waals surface area (Å²) in [6.45, 7) is 1.63. The largest absolute Gasteiger partial charge is 0.476 e. The van der Waals surface area contributed by atoms with Crippen LogP contribution in [0.1, 0.15) is 41.7 Å². The van der Waals surface area contributed by atoms with E-state index in [-0.39, 0.29) is 29.3 Å². The molecule has 2 fully saturated rings. The van der Waals surface area contributed by atoms with Crippen LogP contribution in [0.2, 0.25) is 0 Å². The zero-order valence-electron chi connectivity index (χ0n) is 16.1. The summed E-state index contributed by atoms with van der Waals surface area (Å²) in [4.78, 5) is 37.7. The molecule has 4 rings (SSSR count). The quantitative estimate of drug-likeness (QED) is 0.775. The van der Waals surface area contributed by atoms with Crippen molar-refractivity contribution in [3.8, 4) is 5.69 Å². The number of carbonyl (C=O) groups excluding carboxylic acids is 2. The SMILES string of the molecule is O=C(O)c1ccn(-c2cccc(CNC(=O)C3CCCN(C(=O)C4CC4)C3)c2)n1. The Hall–Kier alpha value is -3.16. The number of carbonyl (C=O) groups is 3. The number of likely N-dealkylation sites (tertiary alicyclic amines) is 1. The van der Waals surface area contributed by atoms with Crippen molar-refractivity contribution in [2.45, 2.75) is 32.2 Å². The van der Waals surface area contributed by atoms with Gasteiger partial charge in [-0.25, -0.2) is 9.48 Å². The molecule has 0 bridgehead atoms. The van der Waals surface area contributed by atoms with Gasteiger partial charge in [-0.3, -0.25) is 9.59 Å². The minimum absolute atomic E-state index is 0.0219. The first-order valence-electron chi connectivity index (χ1n) is 9.96. The molecule has 8 nitrogen and oxygen atoms in total. The molecule has 2 aliphatic rings. The van der Waals surface area contributed by atoms with Crippen LogP contribution in [0.4, 0.5) is 0 Å². The summed E-state index contributed by atoms with van der Waals surface area (Å²) < 4.78 is 1.50. The first-order chi connectivity index (χ1) is 14.0. The van der Waals surface area contributed by atoms with Crippen LogP contribution in [0, 0.1) is 11.8 Å². The summed E-state index contributed by atoms with van der Waals surface area (Å²) in [5.41, 5.74) is 1.60. The molecule has 29 heavy (non-hydrogen) atoms. The molecule has 152 valence electrons. The number of nitrogens with zero attached hydrogens (tertiary/aromatic N) is 3. The molecule has 2 N–H and O–H groups in total. The third kappa shape index (κ3) is 4.47.